The van der Waals surface area contributed by atoms with E-state index in [9.17, 15) is 0 Å². The largest absolute Gasteiger partial charge is 0.425 e. The normalized spacial score (nSPS) is 21.7. The molecule has 0 spiro atoms. The number of nitrogens with one attached hydrogen (secondary N) is 1. The van der Waals surface area contributed by atoms with E-state index in [-0.39, 0.29) is 0 Å². The molecule has 4 nitrogen and oxygen atoms in total. The summed E-state index contributed by atoms with van der Waals surface area (Å²) in [6.45, 7) is 3.27. The number of rotatable bonds is 7. The smallest absolute Gasteiger partial charge is 0.219 e. The van der Waals surface area contributed by atoms with Crippen LogP contribution in [-0.4, -0.2) is 22.8 Å². The van der Waals surface area contributed by atoms with Crippen molar-refractivity contribution in [2.45, 2.75) is 57.4 Å². The lowest BCUT2D eigenvalue weighted by Crippen LogP contribution is -2.17. The Morgan fingerprint density at radius 1 is 1.29 bits per heavy atom. The van der Waals surface area contributed by atoms with E-state index in [4.69, 9.17) is 4.42 Å². The van der Waals surface area contributed by atoms with E-state index in [1.807, 2.05) is 0 Å². The fourth-order valence-electron chi connectivity index (χ4n) is 2.18. The van der Waals surface area contributed by atoms with Crippen molar-refractivity contribution in [1.82, 2.24) is 15.5 Å². The summed E-state index contributed by atoms with van der Waals surface area (Å²) in [5.41, 5.74) is 0. The number of aryl methyl sites for hydroxylation is 1. The molecule has 0 bridgehead atoms. The van der Waals surface area contributed by atoms with Gasteiger partial charge in [-0.15, -0.1) is 10.2 Å². The molecule has 0 aliphatic heterocycles. The van der Waals surface area contributed by atoms with E-state index >= 15 is 0 Å². The second-order valence-corrected chi connectivity index (χ2v) is 5.49. The maximum absolute atomic E-state index is 5.72. The molecule has 2 aliphatic rings. The fraction of sp³-hybridized carbons (Fsp3) is 0.846. The van der Waals surface area contributed by atoms with Crippen molar-refractivity contribution < 1.29 is 4.42 Å². The minimum absolute atomic E-state index is 0.459. The van der Waals surface area contributed by atoms with Gasteiger partial charge in [0.2, 0.25) is 11.8 Å². The summed E-state index contributed by atoms with van der Waals surface area (Å²) in [5, 5.41) is 11.8. The molecule has 0 radical (unpaired) electrons. The average Bonchev–Trinajstić information content (AvgIpc) is 3.23. The predicted octanol–water partition coefficient (Wildman–Crippen LogP) is 2.27. The summed E-state index contributed by atoms with van der Waals surface area (Å²) >= 11 is 0. The maximum atomic E-state index is 5.72. The standard InChI is InChI=1S/C13H21N3O/c1-9(10-4-5-10)13-16-15-12(17-13)3-2-8-14-11-6-7-11/h9-11,14H,2-8H2,1H3. The molecule has 17 heavy (non-hydrogen) atoms. The van der Waals surface area contributed by atoms with Crippen LogP contribution in [0.15, 0.2) is 4.42 Å². The quantitative estimate of drug-likeness (QED) is 0.737. The van der Waals surface area contributed by atoms with Gasteiger partial charge in [0.05, 0.1) is 0 Å². The van der Waals surface area contributed by atoms with Gasteiger partial charge >= 0.3 is 0 Å². The Hall–Kier alpha value is -0.900. The van der Waals surface area contributed by atoms with E-state index in [2.05, 4.69) is 22.4 Å². The van der Waals surface area contributed by atoms with Crippen LogP contribution in [0.1, 0.15) is 56.7 Å². The van der Waals surface area contributed by atoms with Crippen LogP contribution in [0.2, 0.25) is 0 Å². The summed E-state index contributed by atoms with van der Waals surface area (Å²) in [6.07, 6.45) is 7.35. The highest BCUT2D eigenvalue weighted by Crippen LogP contribution is 2.41. The number of nitrogens with zero attached hydrogens (tertiary/aromatic N) is 2. The minimum atomic E-state index is 0.459. The Labute approximate surface area is 102 Å². The summed E-state index contributed by atoms with van der Waals surface area (Å²) in [6, 6.07) is 0.795. The Morgan fingerprint density at radius 2 is 2.12 bits per heavy atom. The molecule has 1 aromatic rings. The SMILES string of the molecule is CC(c1nnc(CCCNC2CC2)o1)C1CC1. The molecule has 2 saturated carbocycles. The first-order valence-corrected chi connectivity index (χ1v) is 6.88. The van der Waals surface area contributed by atoms with Crippen molar-refractivity contribution in [3.05, 3.63) is 11.8 Å². The van der Waals surface area contributed by atoms with E-state index in [1.165, 1.54) is 25.7 Å². The third kappa shape index (κ3) is 3.06. The highest BCUT2D eigenvalue weighted by atomic mass is 16.4. The number of hydrogen-bond donors (Lipinski definition) is 1. The van der Waals surface area contributed by atoms with Gasteiger partial charge in [0.15, 0.2) is 0 Å². The zero-order valence-corrected chi connectivity index (χ0v) is 10.5. The molecule has 1 atom stereocenters. The maximum Gasteiger partial charge on any atom is 0.219 e. The predicted molar refractivity (Wildman–Crippen MR) is 64.8 cm³/mol. The van der Waals surface area contributed by atoms with Gasteiger partial charge in [0.1, 0.15) is 0 Å². The van der Waals surface area contributed by atoms with E-state index in [1.54, 1.807) is 0 Å². The van der Waals surface area contributed by atoms with Crippen LogP contribution >= 0.6 is 0 Å². The van der Waals surface area contributed by atoms with Gasteiger partial charge in [-0.25, -0.2) is 0 Å². The highest BCUT2D eigenvalue weighted by molar-refractivity contribution is 4.97. The molecule has 0 amide bonds. The zero-order valence-electron chi connectivity index (χ0n) is 10.5. The summed E-state index contributed by atoms with van der Waals surface area (Å²) < 4.78 is 5.72. The second-order valence-electron chi connectivity index (χ2n) is 5.49. The number of aromatic nitrogens is 2. The van der Waals surface area contributed by atoms with Gasteiger partial charge in [0.25, 0.3) is 0 Å². The van der Waals surface area contributed by atoms with Crippen LogP contribution in [0.5, 0.6) is 0 Å². The van der Waals surface area contributed by atoms with Gasteiger partial charge in [-0.3, -0.25) is 0 Å². The molecule has 1 aromatic heterocycles. The van der Waals surface area contributed by atoms with Crippen molar-refractivity contribution in [2.75, 3.05) is 6.54 Å². The van der Waals surface area contributed by atoms with E-state index in [0.717, 1.165) is 43.1 Å². The van der Waals surface area contributed by atoms with E-state index in [0.29, 0.717) is 5.92 Å². The molecule has 4 heteroatoms. The molecular weight excluding hydrogens is 214 g/mol. The molecule has 2 fully saturated rings. The first-order chi connectivity index (χ1) is 8.33. The first kappa shape index (κ1) is 11.2. The molecule has 0 aromatic carbocycles. The first-order valence-electron chi connectivity index (χ1n) is 6.88. The molecule has 1 unspecified atom stereocenters. The monoisotopic (exact) mass is 235 g/mol. The minimum Gasteiger partial charge on any atom is -0.425 e. The molecule has 0 saturated heterocycles. The van der Waals surface area contributed by atoms with Gasteiger partial charge in [-0.05, 0) is 44.6 Å². The average molecular weight is 235 g/mol. The Kier molecular flexibility index (Phi) is 3.14. The van der Waals surface area contributed by atoms with Crippen LogP contribution in [0.25, 0.3) is 0 Å². The Balaban J connectivity index is 1.42. The lowest BCUT2D eigenvalue weighted by molar-refractivity contribution is 0.403. The fourth-order valence-corrected chi connectivity index (χ4v) is 2.18. The van der Waals surface area contributed by atoms with Crippen molar-refractivity contribution in [3.8, 4) is 0 Å². The third-order valence-corrected chi connectivity index (χ3v) is 3.78. The van der Waals surface area contributed by atoms with E-state index < -0.39 is 0 Å². The van der Waals surface area contributed by atoms with Crippen LogP contribution in [-0.2, 0) is 6.42 Å². The molecule has 3 rings (SSSR count). The third-order valence-electron chi connectivity index (χ3n) is 3.78. The van der Waals surface area contributed by atoms with Gasteiger partial charge in [-0.2, -0.15) is 0 Å². The highest BCUT2D eigenvalue weighted by Gasteiger charge is 2.32. The molecular formula is C13H21N3O. The molecule has 94 valence electrons. The Morgan fingerprint density at radius 3 is 2.82 bits per heavy atom. The number of hydrogen-bond acceptors (Lipinski definition) is 4. The van der Waals surface area contributed by atoms with Gasteiger partial charge < -0.3 is 9.73 Å². The van der Waals surface area contributed by atoms with Gasteiger partial charge in [-0.1, -0.05) is 6.92 Å². The van der Waals surface area contributed by atoms with Crippen LogP contribution in [0.3, 0.4) is 0 Å². The topological polar surface area (TPSA) is 51.0 Å². The van der Waals surface area contributed by atoms with Crippen molar-refractivity contribution in [1.29, 1.82) is 0 Å². The van der Waals surface area contributed by atoms with Crippen LogP contribution < -0.4 is 5.32 Å². The van der Waals surface area contributed by atoms with Crippen LogP contribution in [0.4, 0.5) is 0 Å². The zero-order chi connectivity index (χ0) is 11.7. The lowest BCUT2D eigenvalue weighted by atomic mass is 10.1. The second kappa shape index (κ2) is 4.77. The molecule has 1 N–H and O–H groups in total. The van der Waals surface area contributed by atoms with Crippen molar-refractivity contribution in [3.63, 3.8) is 0 Å². The molecule has 1 heterocycles. The summed E-state index contributed by atoms with van der Waals surface area (Å²) in [5.74, 6) is 2.91. The summed E-state index contributed by atoms with van der Waals surface area (Å²) in [7, 11) is 0. The van der Waals surface area contributed by atoms with Crippen molar-refractivity contribution >= 4 is 0 Å². The lowest BCUT2D eigenvalue weighted by Gasteiger charge is -2.02. The summed E-state index contributed by atoms with van der Waals surface area (Å²) in [4.78, 5) is 0. The van der Waals surface area contributed by atoms with Crippen LogP contribution in [0, 0.1) is 5.92 Å². The van der Waals surface area contributed by atoms with Gasteiger partial charge in [0, 0.05) is 18.4 Å². The molecule has 2 aliphatic carbocycles. The Bertz CT molecular complexity index is 368. The van der Waals surface area contributed by atoms with Crippen molar-refractivity contribution in [2.24, 2.45) is 5.92 Å².